The molecule has 27 heavy (non-hydrogen) atoms. The monoisotopic (exact) mass is 487 g/mol. The molecular weight excluding hydrogens is 453 g/mol. The second-order valence-electron chi connectivity index (χ2n) is 7.47. The molecule has 0 amide bonds. The van der Waals surface area contributed by atoms with Gasteiger partial charge in [0.25, 0.3) is 0 Å². The molecule has 1 aliphatic carbocycles. The van der Waals surface area contributed by atoms with Gasteiger partial charge in [0.1, 0.15) is 5.75 Å². The van der Waals surface area contributed by atoms with Crippen LogP contribution in [0.25, 0.3) is 0 Å². The van der Waals surface area contributed by atoms with Gasteiger partial charge in [-0.3, -0.25) is 4.99 Å². The Labute approximate surface area is 181 Å². The highest BCUT2D eigenvalue weighted by Gasteiger charge is 2.33. The van der Waals surface area contributed by atoms with Crippen LogP contribution in [-0.4, -0.2) is 82.8 Å². The van der Waals surface area contributed by atoms with Crippen molar-refractivity contribution in [2.75, 3.05) is 65.9 Å². The Kier molecular flexibility index (Phi) is 8.47. The predicted octanol–water partition coefficient (Wildman–Crippen LogP) is 2.35. The maximum Gasteiger partial charge on any atom is 0.193 e. The summed E-state index contributed by atoms with van der Waals surface area (Å²) < 4.78 is 5.35. The summed E-state index contributed by atoms with van der Waals surface area (Å²) in [7, 11) is 7.97. The van der Waals surface area contributed by atoms with Gasteiger partial charge in [-0.25, -0.2) is 0 Å². The van der Waals surface area contributed by atoms with Gasteiger partial charge < -0.3 is 24.8 Å². The molecule has 0 radical (unpaired) electrons. The van der Waals surface area contributed by atoms with Crippen LogP contribution in [0.15, 0.2) is 29.3 Å². The van der Waals surface area contributed by atoms with E-state index in [1.165, 1.54) is 18.5 Å². The van der Waals surface area contributed by atoms with Crippen LogP contribution in [0.1, 0.15) is 12.8 Å². The largest absolute Gasteiger partial charge is 0.497 e. The molecule has 2 aliphatic rings. The number of methoxy groups -OCH3 is 1. The van der Waals surface area contributed by atoms with E-state index < -0.39 is 0 Å². The first-order valence-corrected chi connectivity index (χ1v) is 9.63. The van der Waals surface area contributed by atoms with Crippen molar-refractivity contribution in [1.29, 1.82) is 0 Å². The van der Waals surface area contributed by atoms with Crippen molar-refractivity contribution in [1.82, 2.24) is 15.1 Å². The van der Waals surface area contributed by atoms with Crippen LogP contribution in [0.5, 0.6) is 5.75 Å². The van der Waals surface area contributed by atoms with E-state index in [4.69, 9.17) is 4.74 Å². The fourth-order valence-corrected chi connectivity index (χ4v) is 3.76. The summed E-state index contributed by atoms with van der Waals surface area (Å²) in [5, 5.41) is 3.61. The Morgan fingerprint density at radius 3 is 2.52 bits per heavy atom. The molecule has 1 aromatic carbocycles. The Balaban J connectivity index is 0.00000261. The van der Waals surface area contributed by atoms with Crippen molar-refractivity contribution in [2.45, 2.75) is 18.9 Å². The van der Waals surface area contributed by atoms with E-state index in [1.807, 2.05) is 13.1 Å². The van der Waals surface area contributed by atoms with Gasteiger partial charge in [0.05, 0.1) is 7.11 Å². The van der Waals surface area contributed by atoms with Gasteiger partial charge in [0, 0.05) is 57.6 Å². The molecule has 7 heteroatoms. The van der Waals surface area contributed by atoms with E-state index in [9.17, 15) is 0 Å². The van der Waals surface area contributed by atoms with Gasteiger partial charge in [-0.15, -0.1) is 24.0 Å². The highest BCUT2D eigenvalue weighted by Crippen LogP contribution is 2.34. The molecule has 1 aliphatic heterocycles. The number of aliphatic imine (C=N–C) groups is 1. The number of guanidine groups is 1. The minimum atomic E-state index is 0. The molecule has 3 rings (SSSR count). The second kappa shape index (κ2) is 10.4. The molecular formula is C20H34IN5O. The third-order valence-electron chi connectivity index (χ3n) is 5.51. The third kappa shape index (κ3) is 5.88. The first-order chi connectivity index (χ1) is 12.6. The highest BCUT2D eigenvalue weighted by atomic mass is 127. The van der Waals surface area contributed by atoms with Gasteiger partial charge in [-0.2, -0.15) is 0 Å². The summed E-state index contributed by atoms with van der Waals surface area (Å²) in [4.78, 5) is 11.7. The van der Waals surface area contributed by atoms with E-state index in [1.54, 1.807) is 7.11 Å². The SMILES string of the molecule is CN=C(NCC(C1CC1)N(C)C)N1CCN(c2cccc(OC)c2)CC1.I. The Morgan fingerprint density at radius 1 is 1.26 bits per heavy atom. The molecule has 6 nitrogen and oxygen atoms in total. The van der Waals surface area contributed by atoms with E-state index >= 15 is 0 Å². The number of likely N-dealkylation sites (N-methyl/N-ethyl adjacent to an activating group) is 1. The molecule has 1 atom stereocenters. The summed E-state index contributed by atoms with van der Waals surface area (Å²) in [5.41, 5.74) is 1.23. The number of anilines is 1. The number of hydrogen-bond acceptors (Lipinski definition) is 4. The van der Waals surface area contributed by atoms with E-state index in [0.29, 0.717) is 6.04 Å². The van der Waals surface area contributed by atoms with Crippen molar-refractivity contribution in [3.05, 3.63) is 24.3 Å². The molecule has 1 heterocycles. The van der Waals surface area contributed by atoms with Crippen LogP contribution in [0.4, 0.5) is 5.69 Å². The Morgan fingerprint density at radius 2 is 1.96 bits per heavy atom. The van der Waals surface area contributed by atoms with Crippen molar-refractivity contribution in [3.8, 4) is 5.75 Å². The normalized spacial score (nSPS) is 18.9. The maximum atomic E-state index is 5.35. The molecule has 1 aromatic rings. The summed E-state index contributed by atoms with van der Waals surface area (Å²) >= 11 is 0. The van der Waals surface area contributed by atoms with Gasteiger partial charge in [-0.1, -0.05) is 6.07 Å². The van der Waals surface area contributed by atoms with Crippen LogP contribution >= 0.6 is 24.0 Å². The second-order valence-corrected chi connectivity index (χ2v) is 7.47. The van der Waals surface area contributed by atoms with E-state index in [-0.39, 0.29) is 24.0 Å². The first-order valence-electron chi connectivity index (χ1n) is 9.63. The average molecular weight is 487 g/mol. The summed E-state index contributed by atoms with van der Waals surface area (Å²) in [6.45, 7) is 4.92. The van der Waals surface area contributed by atoms with Crippen LogP contribution in [0.2, 0.25) is 0 Å². The quantitative estimate of drug-likeness (QED) is 0.379. The zero-order valence-electron chi connectivity index (χ0n) is 17.0. The van der Waals surface area contributed by atoms with Crippen LogP contribution in [0.3, 0.4) is 0 Å². The lowest BCUT2D eigenvalue weighted by Crippen LogP contribution is -2.54. The average Bonchev–Trinajstić information content (AvgIpc) is 3.50. The van der Waals surface area contributed by atoms with E-state index in [0.717, 1.165) is 50.4 Å². The van der Waals surface area contributed by atoms with Gasteiger partial charge >= 0.3 is 0 Å². The summed E-state index contributed by atoms with van der Waals surface area (Å²) in [5.74, 6) is 2.79. The number of nitrogens with one attached hydrogen (secondary N) is 1. The molecule has 0 spiro atoms. The highest BCUT2D eigenvalue weighted by molar-refractivity contribution is 14.0. The van der Waals surface area contributed by atoms with Crippen molar-refractivity contribution < 1.29 is 4.74 Å². The molecule has 0 bridgehead atoms. The number of halogens is 1. The Hall–Kier alpha value is -1.22. The number of rotatable bonds is 6. The maximum absolute atomic E-state index is 5.35. The standard InChI is InChI=1S/C20H33N5O.HI/c1-21-20(22-15-19(23(2)3)16-8-9-16)25-12-10-24(11-13-25)17-6-5-7-18(14-17)26-4;/h5-7,14,16,19H,8-13,15H2,1-4H3,(H,21,22);1H. The van der Waals surface area contributed by atoms with Crippen LogP contribution < -0.4 is 15.0 Å². The topological polar surface area (TPSA) is 43.3 Å². The lowest BCUT2D eigenvalue weighted by atomic mass is 10.1. The van der Waals surface area contributed by atoms with Gasteiger partial charge in [0.15, 0.2) is 5.96 Å². The van der Waals surface area contributed by atoms with Gasteiger partial charge in [0.2, 0.25) is 0 Å². The van der Waals surface area contributed by atoms with Crippen molar-refractivity contribution >= 4 is 35.6 Å². The molecule has 2 fully saturated rings. The van der Waals surface area contributed by atoms with Gasteiger partial charge in [-0.05, 0) is 45.0 Å². The summed E-state index contributed by atoms with van der Waals surface area (Å²) in [6, 6.07) is 8.92. The minimum Gasteiger partial charge on any atom is -0.497 e. The van der Waals surface area contributed by atoms with Crippen LogP contribution in [-0.2, 0) is 0 Å². The number of hydrogen-bond donors (Lipinski definition) is 1. The van der Waals surface area contributed by atoms with Crippen molar-refractivity contribution in [3.63, 3.8) is 0 Å². The Bertz CT molecular complexity index is 610. The first kappa shape index (κ1) is 22.1. The number of benzene rings is 1. The molecule has 1 N–H and O–H groups in total. The fourth-order valence-electron chi connectivity index (χ4n) is 3.76. The molecule has 0 aromatic heterocycles. The lowest BCUT2D eigenvalue weighted by molar-refractivity contribution is 0.260. The summed E-state index contributed by atoms with van der Waals surface area (Å²) in [6.07, 6.45) is 2.73. The lowest BCUT2D eigenvalue weighted by Gasteiger charge is -2.38. The molecule has 1 saturated carbocycles. The molecule has 1 unspecified atom stereocenters. The molecule has 152 valence electrons. The third-order valence-corrected chi connectivity index (χ3v) is 5.51. The number of nitrogens with zero attached hydrogens (tertiary/aromatic N) is 4. The molecule has 1 saturated heterocycles. The fraction of sp³-hybridized carbons (Fsp3) is 0.650. The smallest absolute Gasteiger partial charge is 0.193 e. The zero-order chi connectivity index (χ0) is 18.5. The number of piperazine rings is 1. The van der Waals surface area contributed by atoms with E-state index in [2.05, 4.69) is 57.3 Å². The minimum absolute atomic E-state index is 0. The van der Waals surface area contributed by atoms with Crippen LogP contribution in [0, 0.1) is 5.92 Å². The van der Waals surface area contributed by atoms with Crippen molar-refractivity contribution in [2.24, 2.45) is 10.9 Å². The predicted molar refractivity (Wildman–Crippen MR) is 124 cm³/mol. The number of ether oxygens (including phenoxy) is 1. The zero-order valence-corrected chi connectivity index (χ0v) is 19.3.